The Kier molecular flexibility index (Phi) is 5.33. The van der Waals surface area contributed by atoms with Crippen molar-refractivity contribution < 1.29 is 19.4 Å². The molecule has 1 aromatic rings. The number of carbonyl (C=O) groups excluding carboxylic acids is 2. The van der Waals surface area contributed by atoms with Gasteiger partial charge in [-0.15, -0.1) is 0 Å². The number of aliphatic hydroxyl groups is 1. The van der Waals surface area contributed by atoms with Crippen LogP contribution in [0.2, 0.25) is 5.02 Å². The quantitative estimate of drug-likeness (QED) is 0.811. The first-order chi connectivity index (χ1) is 9.97. The molecule has 2 rings (SSSR count). The minimum atomic E-state index is -0.879. The lowest BCUT2D eigenvalue weighted by Crippen LogP contribution is -2.39. The third-order valence-corrected chi connectivity index (χ3v) is 3.61. The fraction of sp³-hybridized carbons (Fsp3) is 0.467. The molecule has 0 bridgehead atoms. The van der Waals surface area contributed by atoms with Gasteiger partial charge in [0.05, 0.1) is 25.9 Å². The second-order valence-electron chi connectivity index (χ2n) is 5.24. The monoisotopic (exact) mass is 311 g/mol. The molecule has 2 atom stereocenters. The van der Waals surface area contributed by atoms with Crippen LogP contribution in [0.5, 0.6) is 0 Å². The fourth-order valence-electron chi connectivity index (χ4n) is 2.20. The van der Waals surface area contributed by atoms with Gasteiger partial charge in [-0.25, -0.2) is 0 Å². The van der Waals surface area contributed by atoms with E-state index in [-0.39, 0.29) is 37.3 Å². The molecule has 0 aliphatic carbocycles. The summed E-state index contributed by atoms with van der Waals surface area (Å²) in [6, 6.07) is 7.20. The molecule has 0 aromatic heterocycles. The van der Waals surface area contributed by atoms with E-state index >= 15 is 0 Å². The summed E-state index contributed by atoms with van der Waals surface area (Å²) in [5, 5.41) is 10.5. The molecular weight excluding hydrogens is 294 g/mol. The predicted octanol–water partition coefficient (Wildman–Crippen LogP) is 1.61. The van der Waals surface area contributed by atoms with E-state index in [0.29, 0.717) is 11.6 Å². The zero-order valence-corrected chi connectivity index (χ0v) is 12.5. The molecule has 2 amide bonds. The molecule has 1 aliphatic rings. The number of hydrogen-bond donors (Lipinski definition) is 1. The normalized spacial score (nSPS) is 20.1. The topological polar surface area (TPSA) is 66.8 Å². The van der Waals surface area contributed by atoms with Gasteiger partial charge in [0.25, 0.3) is 0 Å². The molecule has 1 N–H and O–H groups in total. The number of imide groups is 1. The Morgan fingerprint density at radius 1 is 1.38 bits per heavy atom. The molecule has 0 unspecified atom stereocenters. The van der Waals surface area contributed by atoms with E-state index in [1.54, 1.807) is 19.1 Å². The number of ether oxygens (including phenoxy) is 1. The average molecular weight is 312 g/mol. The van der Waals surface area contributed by atoms with E-state index in [4.69, 9.17) is 16.3 Å². The van der Waals surface area contributed by atoms with Crippen molar-refractivity contribution in [1.82, 2.24) is 4.90 Å². The number of carbonyl (C=O) groups is 2. The summed E-state index contributed by atoms with van der Waals surface area (Å²) in [6.45, 7) is 2.10. The molecule has 0 spiro atoms. The second-order valence-corrected chi connectivity index (χ2v) is 5.68. The van der Waals surface area contributed by atoms with Crippen LogP contribution >= 0.6 is 11.6 Å². The number of hydrogen-bond acceptors (Lipinski definition) is 4. The first-order valence-corrected chi connectivity index (χ1v) is 7.19. The van der Waals surface area contributed by atoms with Crippen molar-refractivity contribution in [2.24, 2.45) is 5.92 Å². The van der Waals surface area contributed by atoms with Gasteiger partial charge in [0, 0.05) is 17.4 Å². The maximum absolute atomic E-state index is 11.7. The van der Waals surface area contributed by atoms with E-state index in [2.05, 4.69) is 0 Å². The number of likely N-dealkylation sites (tertiary alicyclic amines) is 1. The van der Waals surface area contributed by atoms with Gasteiger partial charge in [0.15, 0.2) is 0 Å². The van der Waals surface area contributed by atoms with Crippen molar-refractivity contribution in [2.45, 2.75) is 26.1 Å². The van der Waals surface area contributed by atoms with Gasteiger partial charge in [0.2, 0.25) is 11.8 Å². The third kappa shape index (κ3) is 4.27. The summed E-state index contributed by atoms with van der Waals surface area (Å²) in [5.41, 5.74) is 0.938. The largest absolute Gasteiger partial charge is 0.389 e. The molecule has 0 radical (unpaired) electrons. The van der Waals surface area contributed by atoms with E-state index in [1.165, 1.54) is 0 Å². The van der Waals surface area contributed by atoms with E-state index in [0.717, 1.165) is 10.5 Å². The Morgan fingerprint density at radius 2 is 2.05 bits per heavy atom. The number of halogens is 1. The smallest absolute Gasteiger partial charge is 0.232 e. The maximum Gasteiger partial charge on any atom is 0.232 e. The first-order valence-electron chi connectivity index (χ1n) is 6.82. The van der Waals surface area contributed by atoms with Crippen molar-refractivity contribution in [3.63, 3.8) is 0 Å². The Labute approximate surface area is 128 Å². The van der Waals surface area contributed by atoms with Gasteiger partial charge in [-0.1, -0.05) is 30.7 Å². The van der Waals surface area contributed by atoms with Gasteiger partial charge in [-0.3, -0.25) is 14.5 Å². The summed E-state index contributed by atoms with van der Waals surface area (Å²) in [7, 11) is 0. The predicted molar refractivity (Wildman–Crippen MR) is 77.6 cm³/mol. The Morgan fingerprint density at radius 3 is 2.62 bits per heavy atom. The molecule has 0 saturated carbocycles. The van der Waals surface area contributed by atoms with Crippen LogP contribution in [0, 0.1) is 5.92 Å². The zero-order chi connectivity index (χ0) is 15.4. The summed E-state index contributed by atoms with van der Waals surface area (Å²) < 4.78 is 5.39. The lowest BCUT2D eigenvalue weighted by atomic mass is 10.1. The van der Waals surface area contributed by atoms with Crippen LogP contribution < -0.4 is 0 Å². The highest BCUT2D eigenvalue weighted by molar-refractivity contribution is 6.30. The Bertz CT molecular complexity index is 517. The van der Waals surface area contributed by atoms with Crippen LogP contribution in [0.1, 0.15) is 18.9 Å². The van der Waals surface area contributed by atoms with Gasteiger partial charge in [0.1, 0.15) is 0 Å². The van der Waals surface area contributed by atoms with Gasteiger partial charge < -0.3 is 9.84 Å². The van der Waals surface area contributed by atoms with Crippen LogP contribution in [0.3, 0.4) is 0 Å². The van der Waals surface area contributed by atoms with Crippen LogP contribution in [0.15, 0.2) is 24.3 Å². The highest BCUT2D eigenvalue weighted by Crippen LogP contribution is 2.19. The van der Waals surface area contributed by atoms with Crippen LogP contribution in [-0.4, -0.2) is 41.1 Å². The zero-order valence-electron chi connectivity index (χ0n) is 11.8. The summed E-state index contributed by atoms with van der Waals surface area (Å²) >= 11 is 5.78. The van der Waals surface area contributed by atoms with Crippen molar-refractivity contribution in [1.29, 1.82) is 0 Å². The summed E-state index contributed by atoms with van der Waals surface area (Å²) in [6.07, 6.45) is -0.660. The molecule has 1 aromatic carbocycles. The summed E-state index contributed by atoms with van der Waals surface area (Å²) in [4.78, 5) is 24.4. The molecule has 21 heavy (non-hydrogen) atoms. The Balaban J connectivity index is 1.75. The maximum atomic E-state index is 11.7. The fourth-order valence-corrected chi connectivity index (χ4v) is 2.32. The van der Waals surface area contributed by atoms with Gasteiger partial charge in [-0.05, 0) is 17.7 Å². The molecule has 6 heteroatoms. The number of amides is 2. The van der Waals surface area contributed by atoms with Crippen LogP contribution in [0.4, 0.5) is 0 Å². The minimum absolute atomic E-state index is 0.0113. The highest BCUT2D eigenvalue weighted by atomic mass is 35.5. The number of aliphatic hydroxyl groups excluding tert-OH is 1. The number of nitrogens with zero attached hydrogens (tertiary/aromatic N) is 1. The molecule has 1 fully saturated rings. The molecule has 1 saturated heterocycles. The third-order valence-electron chi connectivity index (χ3n) is 3.36. The molecule has 1 aliphatic heterocycles. The van der Waals surface area contributed by atoms with Crippen molar-refractivity contribution in [3.05, 3.63) is 34.9 Å². The van der Waals surface area contributed by atoms with Crippen molar-refractivity contribution in [3.8, 4) is 0 Å². The first kappa shape index (κ1) is 15.9. The molecule has 1 heterocycles. The summed E-state index contributed by atoms with van der Waals surface area (Å²) in [5.74, 6) is -0.749. The van der Waals surface area contributed by atoms with Crippen LogP contribution in [0.25, 0.3) is 0 Å². The van der Waals surface area contributed by atoms with Crippen molar-refractivity contribution in [2.75, 3.05) is 13.2 Å². The molecule has 5 nitrogen and oxygen atoms in total. The SMILES string of the molecule is C[C@H]1CC(=O)N(C[C@H](O)COCc2ccc(Cl)cc2)C1=O. The number of benzene rings is 1. The van der Waals surface area contributed by atoms with Gasteiger partial charge in [-0.2, -0.15) is 0 Å². The van der Waals surface area contributed by atoms with E-state index in [9.17, 15) is 14.7 Å². The number of β-amino-alcohol motifs (C(OH)–C–C–N with tert-alkyl or cyclic N) is 1. The van der Waals surface area contributed by atoms with E-state index in [1.807, 2.05) is 12.1 Å². The lowest BCUT2D eigenvalue weighted by Gasteiger charge is -2.18. The lowest BCUT2D eigenvalue weighted by molar-refractivity contribution is -0.141. The Hall–Kier alpha value is -1.43. The minimum Gasteiger partial charge on any atom is -0.389 e. The van der Waals surface area contributed by atoms with Crippen molar-refractivity contribution >= 4 is 23.4 Å². The van der Waals surface area contributed by atoms with Gasteiger partial charge >= 0.3 is 0 Å². The average Bonchev–Trinajstić information content (AvgIpc) is 2.68. The van der Waals surface area contributed by atoms with E-state index < -0.39 is 6.10 Å². The molecular formula is C15H18ClNO4. The highest BCUT2D eigenvalue weighted by Gasteiger charge is 2.36. The molecule has 114 valence electrons. The second kappa shape index (κ2) is 7.02. The van der Waals surface area contributed by atoms with Crippen LogP contribution in [-0.2, 0) is 20.9 Å². The number of rotatable bonds is 6. The standard InChI is InChI=1S/C15H18ClNO4/c1-10-6-14(19)17(15(10)20)7-13(18)9-21-8-11-2-4-12(16)5-3-11/h2-5,10,13,18H,6-9H2,1H3/t10-,13-/m0/s1.